The van der Waals surface area contributed by atoms with Gasteiger partial charge in [0, 0.05) is 6.04 Å². The molecule has 1 aromatic rings. The maximum Gasteiger partial charge on any atom is 0.118 e. The predicted molar refractivity (Wildman–Crippen MR) is 76.5 cm³/mol. The Morgan fingerprint density at radius 1 is 1.39 bits per heavy atom. The van der Waals surface area contributed by atoms with Gasteiger partial charge in [-0.3, -0.25) is 11.3 Å². The van der Waals surface area contributed by atoms with Crippen molar-refractivity contribution >= 4 is 0 Å². The first-order chi connectivity index (χ1) is 8.69. The summed E-state index contributed by atoms with van der Waals surface area (Å²) < 4.78 is 5.14. The minimum absolute atomic E-state index is 0.305. The standard InChI is InChI=1S/C15H24N2O/c1-4-12(2)11-14(17-16)8-5-13-6-9-15(18-3)10-7-13/h6-7,9-10,14,17H,2,4-5,8,11,16H2,1,3H3. The maximum absolute atomic E-state index is 5.57. The van der Waals surface area contributed by atoms with Crippen molar-refractivity contribution < 1.29 is 4.74 Å². The molecule has 0 aliphatic rings. The van der Waals surface area contributed by atoms with Crippen molar-refractivity contribution in [3.63, 3.8) is 0 Å². The van der Waals surface area contributed by atoms with Crippen molar-refractivity contribution in [3.8, 4) is 5.75 Å². The average Bonchev–Trinajstić information content (AvgIpc) is 2.43. The lowest BCUT2D eigenvalue weighted by molar-refractivity contribution is 0.414. The van der Waals surface area contributed by atoms with Crippen LogP contribution in [0.3, 0.4) is 0 Å². The lowest BCUT2D eigenvalue weighted by atomic mass is 9.99. The molecule has 0 amide bonds. The Kier molecular flexibility index (Phi) is 6.47. The monoisotopic (exact) mass is 248 g/mol. The zero-order valence-corrected chi connectivity index (χ0v) is 11.4. The molecule has 0 radical (unpaired) electrons. The molecule has 3 heteroatoms. The molecular formula is C15H24N2O. The third-order valence-electron chi connectivity index (χ3n) is 3.21. The van der Waals surface area contributed by atoms with Gasteiger partial charge in [0.2, 0.25) is 0 Å². The third kappa shape index (κ3) is 4.90. The van der Waals surface area contributed by atoms with Crippen LogP contribution in [0.1, 0.15) is 31.7 Å². The minimum atomic E-state index is 0.305. The quantitative estimate of drug-likeness (QED) is 0.422. The molecule has 0 bridgehead atoms. The number of rotatable bonds is 8. The number of nitrogens with one attached hydrogen (secondary N) is 1. The molecule has 1 aromatic carbocycles. The van der Waals surface area contributed by atoms with Crippen molar-refractivity contribution in [2.45, 2.75) is 38.6 Å². The summed E-state index contributed by atoms with van der Waals surface area (Å²) in [5.41, 5.74) is 5.42. The summed E-state index contributed by atoms with van der Waals surface area (Å²) in [5.74, 6) is 6.47. The molecule has 1 unspecified atom stereocenters. The van der Waals surface area contributed by atoms with E-state index in [-0.39, 0.29) is 0 Å². The number of hydrogen-bond donors (Lipinski definition) is 2. The SMILES string of the molecule is C=C(CC)CC(CCc1ccc(OC)cc1)NN. The van der Waals surface area contributed by atoms with E-state index >= 15 is 0 Å². The molecule has 0 saturated carbocycles. The molecule has 0 aromatic heterocycles. The van der Waals surface area contributed by atoms with Crippen molar-refractivity contribution in [1.29, 1.82) is 0 Å². The van der Waals surface area contributed by atoms with Crippen LogP contribution in [0.25, 0.3) is 0 Å². The smallest absolute Gasteiger partial charge is 0.118 e. The van der Waals surface area contributed by atoms with E-state index in [0.717, 1.165) is 31.4 Å². The Bertz CT molecular complexity index is 359. The van der Waals surface area contributed by atoms with Crippen LogP contribution in [0.4, 0.5) is 0 Å². The van der Waals surface area contributed by atoms with Gasteiger partial charge in [0.1, 0.15) is 5.75 Å². The molecule has 0 aliphatic heterocycles. The molecule has 0 aliphatic carbocycles. The molecule has 3 nitrogen and oxygen atoms in total. The number of benzene rings is 1. The average molecular weight is 248 g/mol. The van der Waals surface area contributed by atoms with Crippen LogP contribution in [0.15, 0.2) is 36.4 Å². The van der Waals surface area contributed by atoms with Gasteiger partial charge in [-0.1, -0.05) is 31.2 Å². The number of ether oxygens (including phenoxy) is 1. The lowest BCUT2D eigenvalue weighted by Gasteiger charge is -2.16. The maximum atomic E-state index is 5.57. The van der Waals surface area contributed by atoms with Gasteiger partial charge in [-0.15, -0.1) is 0 Å². The molecule has 0 spiro atoms. The van der Waals surface area contributed by atoms with Gasteiger partial charge < -0.3 is 4.74 Å². The Morgan fingerprint density at radius 2 is 2.06 bits per heavy atom. The largest absolute Gasteiger partial charge is 0.497 e. The molecule has 0 saturated heterocycles. The second-order valence-corrected chi connectivity index (χ2v) is 4.56. The van der Waals surface area contributed by atoms with Gasteiger partial charge in [0.25, 0.3) is 0 Å². The first-order valence-corrected chi connectivity index (χ1v) is 6.45. The highest BCUT2D eigenvalue weighted by Crippen LogP contribution is 2.15. The normalized spacial score (nSPS) is 12.2. The number of hydrogen-bond acceptors (Lipinski definition) is 3. The van der Waals surface area contributed by atoms with Gasteiger partial charge in [-0.25, -0.2) is 0 Å². The van der Waals surface area contributed by atoms with Crippen LogP contribution >= 0.6 is 0 Å². The molecule has 1 atom stereocenters. The summed E-state index contributed by atoms with van der Waals surface area (Å²) in [4.78, 5) is 0. The number of hydrazine groups is 1. The van der Waals surface area contributed by atoms with E-state index in [1.165, 1.54) is 11.1 Å². The summed E-state index contributed by atoms with van der Waals surface area (Å²) in [6.45, 7) is 6.15. The predicted octanol–water partition coefficient (Wildman–Crippen LogP) is 2.82. The Morgan fingerprint density at radius 3 is 2.56 bits per heavy atom. The fourth-order valence-electron chi connectivity index (χ4n) is 1.87. The zero-order valence-electron chi connectivity index (χ0n) is 11.4. The van der Waals surface area contributed by atoms with Crippen LogP contribution in [0, 0.1) is 0 Å². The summed E-state index contributed by atoms with van der Waals surface area (Å²) in [6, 6.07) is 8.48. The Labute approximate surface area is 110 Å². The van der Waals surface area contributed by atoms with Crippen LogP contribution in [0.2, 0.25) is 0 Å². The molecular weight excluding hydrogens is 224 g/mol. The van der Waals surface area contributed by atoms with Gasteiger partial charge in [-0.2, -0.15) is 0 Å². The van der Waals surface area contributed by atoms with Crippen molar-refractivity contribution in [2.24, 2.45) is 5.84 Å². The van der Waals surface area contributed by atoms with Crippen LogP contribution in [-0.4, -0.2) is 13.2 Å². The van der Waals surface area contributed by atoms with Gasteiger partial charge in [-0.05, 0) is 43.4 Å². The van der Waals surface area contributed by atoms with Gasteiger partial charge in [0.05, 0.1) is 7.11 Å². The van der Waals surface area contributed by atoms with E-state index in [1.807, 2.05) is 12.1 Å². The summed E-state index contributed by atoms with van der Waals surface area (Å²) in [7, 11) is 1.68. The van der Waals surface area contributed by atoms with Crippen LogP contribution in [0.5, 0.6) is 5.75 Å². The molecule has 3 N–H and O–H groups in total. The third-order valence-corrected chi connectivity index (χ3v) is 3.21. The zero-order chi connectivity index (χ0) is 13.4. The highest BCUT2D eigenvalue weighted by atomic mass is 16.5. The first-order valence-electron chi connectivity index (χ1n) is 6.45. The molecule has 18 heavy (non-hydrogen) atoms. The molecule has 100 valence electrons. The summed E-state index contributed by atoms with van der Waals surface area (Å²) in [6.07, 6.45) is 3.99. The molecule has 0 fully saturated rings. The summed E-state index contributed by atoms with van der Waals surface area (Å²) >= 11 is 0. The highest BCUT2D eigenvalue weighted by molar-refractivity contribution is 5.27. The van der Waals surface area contributed by atoms with Crippen molar-refractivity contribution in [3.05, 3.63) is 42.0 Å². The topological polar surface area (TPSA) is 47.3 Å². The molecule has 1 rings (SSSR count). The Balaban J connectivity index is 2.43. The van der Waals surface area contributed by atoms with E-state index in [0.29, 0.717) is 6.04 Å². The first kappa shape index (κ1) is 14.7. The van der Waals surface area contributed by atoms with E-state index in [1.54, 1.807) is 7.11 Å². The molecule has 0 heterocycles. The second-order valence-electron chi connectivity index (χ2n) is 4.56. The minimum Gasteiger partial charge on any atom is -0.497 e. The Hall–Kier alpha value is -1.32. The second kappa shape index (κ2) is 7.90. The van der Waals surface area contributed by atoms with Gasteiger partial charge >= 0.3 is 0 Å². The lowest BCUT2D eigenvalue weighted by Crippen LogP contribution is -2.35. The number of aryl methyl sites for hydroxylation is 1. The van der Waals surface area contributed by atoms with E-state index in [4.69, 9.17) is 10.6 Å². The number of nitrogens with two attached hydrogens (primary N) is 1. The van der Waals surface area contributed by atoms with Crippen molar-refractivity contribution in [2.75, 3.05) is 7.11 Å². The highest BCUT2D eigenvalue weighted by Gasteiger charge is 2.08. The van der Waals surface area contributed by atoms with E-state index in [9.17, 15) is 0 Å². The van der Waals surface area contributed by atoms with E-state index < -0.39 is 0 Å². The van der Waals surface area contributed by atoms with Crippen LogP contribution in [-0.2, 0) is 6.42 Å². The number of methoxy groups -OCH3 is 1. The van der Waals surface area contributed by atoms with E-state index in [2.05, 4.69) is 31.1 Å². The van der Waals surface area contributed by atoms with Gasteiger partial charge in [0.15, 0.2) is 0 Å². The van der Waals surface area contributed by atoms with Crippen molar-refractivity contribution in [1.82, 2.24) is 5.43 Å². The summed E-state index contributed by atoms with van der Waals surface area (Å²) in [5, 5.41) is 0. The fourth-order valence-corrected chi connectivity index (χ4v) is 1.87. The fraction of sp³-hybridized carbons (Fsp3) is 0.467. The van der Waals surface area contributed by atoms with Crippen LogP contribution < -0.4 is 16.0 Å².